The summed E-state index contributed by atoms with van der Waals surface area (Å²) in [4.78, 5) is 25.0. The highest BCUT2D eigenvalue weighted by Gasteiger charge is 2.10. The summed E-state index contributed by atoms with van der Waals surface area (Å²) >= 11 is 0. The van der Waals surface area contributed by atoms with Crippen molar-refractivity contribution in [2.45, 2.75) is 13.3 Å². The molecule has 0 radical (unpaired) electrons. The van der Waals surface area contributed by atoms with Crippen molar-refractivity contribution in [3.05, 3.63) is 29.3 Å². The van der Waals surface area contributed by atoms with Crippen LogP contribution in [0.1, 0.15) is 22.3 Å². The summed E-state index contributed by atoms with van der Waals surface area (Å²) in [5, 5.41) is 2.44. The fraction of sp³-hybridized carbons (Fsp3) is 0.273. The van der Waals surface area contributed by atoms with Crippen molar-refractivity contribution in [1.82, 2.24) is 5.32 Å². The maximum atomic E-state index is 11.6. The Morgan fingerprint density at radius 3 is 2.76 bits per heavy atom. The van der Waals surface area contributed by atoms with E-state index in [1.165, 1.54) is 0 Å². The monoisotopic (exact) mass is 240 g/mol. The standard InChI is InChI=1S/C11H13FN2O3/c1-7-2-3-8(9(13)6-7)11(16)14-5-4-10(15)17-12/h2-3,6H,4-5,13H2,1H3,(H,14,16). The zero-order valence-electron chi connectivity index (χ0n) is 9.33. The van der Waals surface area contributed by atoms with Crippen molar-refractivity contribution in [3.8, 4) is 0 Å². The number of rotatable bonds is 4. The van der Waals surface area contributed by atoms with Gasteiger partial charge in [-0.2, -0.15) is 0 Å². The van der Waals surface area contributed by atoms with Gasteiger partial charge in [0.1, 0.15) is 0 Å². The zero-order valence-corrected chi connectivity index (χ0v) is 9.33. The van der Waals surface area contributed by atoms with Crippen LogP contribution in [0.2, 0.25) is 0 Å². The van der Waals surface area contributed by atoms with Crippen LogP contribution in [0.5, 0.6) is 0 Å². The second-order valence-corrected chi connectivity index (χ2v) is 3.55. The average Bonchev–Trinajstić information content (AvgIpc) is 2.28. The molecule has 0 aliphatic heterocycles. The largest absolute Gasteiger partial charge is 0.398 e. The van der Waals surface area contributed by atoms with Crippen LogP contribution in [0.15, 0.2) is 18.2 Å². The summed E-state index contributed by atoms with van der Waals surface area (Å²) in [7, 11) is 0. The van der Waals surface area contributed by atoms with E-state index in [0.717, 1.165) is 5.56 Å². The lowest BCUT2D eigenvalue weighted by molar-refractivity contribution is -0.183. The molecule has 0 saturated carbocycles. The van der Waals surface area contributed by atoms with Gasteiger partial charge in [-0.15, -0.1) is 0 Å². The molecule has 0 heterocycles. The van der Waals surface area contributed by atoms with Crippen LogP contribution >= 0.6 is 0 Å². The molecule has 1 aromatic carbocycles. The molecule has 0 aromatic heterocycles. The Kier molecular flexibility index (Phi) is 4.45. The van der Waals surface area contributed by atoms with Gasteiger partial charge in [-0.3, -0.25) is 9.74 Å². The number of carbonyl (C=O) groups excluding carboxylic acids is 2. The van der Waals surface area contributed by atoms with E-state index in [0.29, 0.717) is 11.3 Å². The third-order valence-electron chi connectivity index (χ3n) is 2.15. The predicted molar refractivity (Wildman–Crippen MR) is 59.7 cm³/mol. The van der Waals surface area contributed by atoms with Crippen LogP contribution in [0.3, 0.4) is 0 Å². The number of aryl methyl sites for hydroxylation is 1. The van der Waals surface area contributed by atoms with Gasteiger partial charge in [0, 0.05) is 16.8 Å². The van der Waals surface area contributed by atoms with Gasteiger partial charge in [-0.05, 0) is 24.6 Å². The summed E-state index contributed by atoms with van der Waals surface area (Å²) in [5.41, 5.74) is 7.29. The Morgan fingerprint density at radius 1 is 1.47 bits per heavy atom. The van der Waals surface area contributed by atoms with E-state index in [-0.39, 0.29) is 13.0 Å². The quantitative estimate of drug-likeness (QED) is 0.773. The smallest absolute Gasteiger partial charge is 0.350 e. The minimum atomic E-state index is -1.03. The fourth-order valence-electron chi connectivity index (χ4n) is 1.30. The normalized spacial score (nSPS) is 9.76. The van der Waals surface area contributed by atoms with Gasteiger partial charge in [0.15, 0.2) is 0 Å². The van der Waals surface area contributed by atoms with Crippen molar-refractivity contribution in [1.29, 1.82) is 0 Å². The fourth-order valence-corrected chi connectivity index (χ4v) is 1.30. The number of anilines is 1. The number of amides is 1. The molecule has 3 N–H and O–H groups in total. The van der Waals surface area contributed by atoms with Crippen molar-refractivity contribution in [3.63, 3.8) is 0 Å². The van der Waals surface area contributed by atoms with Gasteiger partial charge in [-0.25, -0.2) is 4.79 Å². The van der Waals surface area contributed by atoms with Crippen LogP contribution in [-0.2, 0) is 9.74 Å². The topological polar surface area (TPSA) is 81.4 Å². The van der Waals surface area contributed by atoms with E-state index in [4.69, 9.17) is 5.73 Å². The Balaban J connectivity index is 2.55. The second kappa shape index (κ2) is 5.83. The molecule has 5 nitrogen and oxygen atoms in total. The van der Waals surface area contributed by atoms with Crippen molar-refractivity contribution >= 4 is 17.6 Å². The molecule has 6 heteroatoms. The van der Waals surface area contributed by atoms with Gasteiger partial charge in [0.05, 0.1) is 12.0 Å². The lowest BCUT2D eigenvalue weighted by atomic mass is 10.1. The van der Waals surface area contributed by atoms with Gasteiger partial charge < -0.3 is 11.1 Å². The molecule has 0 aliphatic carbocycles. The Bertz CT molecular complexity index is 435. The minimum Gasteiger partial charge on any atom is -0.398 e. The Morgan fingerprint density at radius 2 is 2.18 bits per heavy atom. The lowest BCUT2D eigenvalue weighted by Crippen LogP contribution is -2.26. The first-order valence-corrected chi connectivity index (χ1v) is 5.00. The highest BCUT2D eigenvalue weighted by molar-refractivity contribution is 5.99. The maximum Gasteiger partial charge on any atom is 0.350 e. The Hall–Kier alpha value is -2.11. The molecule has 0 spiro atoms. The third kappa shape index (κ3) is 3.75. The summed E-state index contributed by atoms with van der Waals surface area (Å²) in [6.07, 6.45) is -0.228. The molecular weight excluding hydrogens is 227 g/mol. The van der Waals surface area contributed by atoms with Crippen LogP contribution in [-0.4, -0.2) is 18.4 Å². The molecule has 92 valence electrons. The lowest BCUT2D eigenvalue weighted by Gasteiger charge is -2.07. The predicted octanol–water partition coefficient (Wildman–Crippen LogP) is 1.12. The highest BCUT2D eigenvalue weighted by Crippen LogP contribution is 2.13. The number of halogens is 1. The molecule has 0 aliphatic rings. The minimum absolute atomic E-state index is 0.00506. The summed E-state index contributed by atoms with van der Waals surface area (Å²) in [5.74, 6) is -1.43. The molecule has 17 heavy (non-hydrogen) atoms. The molecule has 1 amide bonds. The number of nitrogens with one attached hydrogen (secondary N) is 1. The molecule has 0 unspecified atom stereocenters. The number of benzene rings is 1. The molecule has 1 rings (SSSR count). The van der Waals surface area contributed by atoms with E-state index in [9.17, 15) is 14.1 Å². The van der Waals surface area contributed by atoms with E-state index in [2.05, 4.69) is 10.3 Å². The van der Waals surface area contributed by atoms with Gasteiger partial charge in [0.25, 0.3) is 5.91 Å². The van der Waals surface area contributed by atoms with E-state index >= 15 is 0 Å². The Labute approximate surface area is 97.6 Å². The van der Waals surface area contributed by atoms with Crippen molar-refractivity contribution < 1.29 is 19.1 Å². The molecule has 1 aromatic rings. The van der Waals surface area contributed by atoms with E-state index in [1.54, 1.807) is 18.2 Å². The zero-order chi connectivity index (χ0) is 12.8. The summed E-state index contributed by atoms with van der Waals surface area (Å²) < 4.78 is 11.4. The number of carbonyl (C=O) groups is 2. The maximum absolute atomic E-state index is 11.6. The van der Waals surface area contributed by atoms with Crippen LogP contribution < -0.4 is 11.1 Å². The molecule has 0 saturated heterocycles. The number of hydrogen-bond donors (Lipinski definition) is 2. The first-order valence-electron chi connectivity index (χ1n) is 5.00. The molecular formula is C11H13FN2O3. The van der Waals surface area contributed by atoms with E-state index in [1.807, 2.05) is 6.92 Å². The first kappa shape index (κ1) is 13.0. The molecule has 0 bridgehead atoms. The SMILES string of the molecule is Cc1ccc(C(=O)NCCC(=O)OF)c(N)c1. The summed E-state index contributed by atoms with van der Waals surface area (Å²) in [6.45, 7) is 1.85. The van der Waals surface area contributed by atoms with Crippen molar-refractivity contribution in [2.75, 3.05) is 12.3 Å². The first-order chi connectivity index (χ1) is 8.04. The van der Waals surface area contributed by atoms with Gasteiger partial charge >= 0.3 is 5.97 Å². The molecule has 0 fully saturated rings. The number of nitrogen functional groups attached to an aromatic ring is 1. The summed E-state index contributed by atoms with van der Waals surface area (Å²) in [6, 6.07) is 5.01. The highest BCUT2D eigenvalue weighted by atomic mass is 19.3. The van der Waals surface area contributed by atoms with Gasteiger partial charge in [-0.1, -0.05) is 6.07 Å². The average molecular weight is 240 g/mol. The third-order valence-corrected chi connectivity index (χ3v) is 2.15. The van der Waals surface area contributed by atoms with Crippen molar-refractivity contribution in [2.24, 2.45) is 0 Å². The molecule has 0 atom stereocenters. The number of nitrogens with two attached hydrogens (primary N) is 1. The number of hydrogen-bond acceptors (Lipinski definition) is 4. The van der Waals surface area contributed by atoms with Gasteiger partial charge in [0.2, 0.25) is 0 Å². The van der Waals surface area contributed by atoms with Crippen LogP contribution in [0.25, 0.3) is 0 Å². The van der Waals surface area contributed by atoms with E-state index < -0.39 is 11.9 Å². The van der Waals surface area contributed by atoms with Crippen LogP contribution in [0, 0.1) is 6.92 Å². The second-order valence-electron chi connectivity index (χ2n) is 3.55. The van der Waals surface area contributed by atoms with Crippen LogP contribution in [0.4, 0.5) is 10.2 Å².